The van der Waals surface area contributed by atoms with Crippen LogP contribution in [-0.2, 0) is 4.74 Å². The fraction of sp³-hybridized carbons (Fsp3) is 0.529. The number of hydrogen-bond acceptors (Lipinski definition) is 4. The number of anilines is 2. The Kier molecular flexibility index (Phi) is 3.70. The maximum atomic E-state index is 12.1. The van der Waals surface area contributed by atoms with Crippen LogP contribution in [0, 0.1) is 0 Å². The lowest BCUT2D eigenvalue weighted by Crippen LogP contribution is -2.50. The largest absolute Gasteiger partial charge is 0.444 e. The summed E-state index contributed by atoms with van der Waals surface area (Å²) in [5.41, 5.74) is 9.87. The fourth-order valence-corrected chi connectivity index (χ4v) is 3.06. The predicted molar refractivity (Wildman–Crippen MR) is 91.9 cm³/mol. The van der Waals surface area contributed by atoms with Gasteiger partial charge >= 0.3 is 6.09 Å². The minimum absolute atomic E-state index is 0.228. The highest BCUT2D eigenvalue weighted by molar-refractivity contribution is 6.00. The molecule has 6 nitrogen and oxygen atoms in total. The standard InChI is InChI=1S/C17H25N4O2/c1-17(2,3)23-16(22)21-9-7-20(8-10-21)14-6-5-13(18)15-12(14)11-19(15)4/h5-6,11H,7-10,18H2,1-4H3/q+1. The number of carbonyl (C=O) groups is 1. The Hall–Kier alpha value is -2.24. The molecule has 124 valence electrons. The first kappa shape index (κ1) is 15.6. The van der Waals surface area contributed by atoms with E-state index in [-0.39, 0.29) is 6.09 Å². The van der Waals surface area contributed by atoms with Crippen LogP contribution in [0.4, 0.5) is 21.9 Å². The molecule has 2 heterocycles. The van der Waals surface area contributed by atoms with E-state index in [0.717, 1.165) is 24.5 Å². The van der Waals surface area contributed by atoms with Crippen LogP contribution >= 0.6 is 0 Å². The van der Waals surface area contributed by atoms with Crippen LogP contribution in [0.5, 0.6) is 0 Å². The molecule has 2 aliphatic rings. The van der Waals surface area contributed by atoms with E-state index in [2.05, 4.69) is 17.2 Å². The molecule has 1 saturated heterocycles. The molecule has 23 heavy (non-hydrogen) atoms. The first-order chi connectivity index (χ1) is 10.8. The van der Waals surface area contributed by atoms with Crippen molar-refractivity contribution in [2.45, 2.75) is 26.4 Å². The summed E-state index contributed by atoms with van der Waals surface area (Å²) in [4.78, 5) is 16.2. The molecule has 3 rings (SSSR count). The number of benzene rings is 1. The van der Waals surface area contributed by atoms with Crippen LogP contribution in [-0.4, -0.2) is 60.6 Å². The highest BCUT2D eigenvalue weighted by atomic mass is 16.6. The minimum Gasteiger partial charge on any atom is -0.444 e. The van der Waals surface area contributed by atoms with Crippen molar-refractivity contribution in [3.63, 3.8) is 0 Å². The molecule has 0 atom stereocenters. The average Bonchev–Trinajstić information content (AvgIpc) is 2.44. The number of rotatable bonds is 1. The van der Waals surface area contributed by atoms with E-state index in [1.54, 1.807) is 4.90 Å². The zero-order chi connectivity index (χ0) is 16.8. The number of fused-ring (bicyclic) bond motifs is 1. The Labute approximate surface area is 137 Å². The number of nitrogen functional groups attached to an aromatic ring is 1. The topological polar surface area (TPSA) is 61.8 Å². The first-order valence-electron chi connectivity index (χ1n) is 7.99. The predicted octanol–water partition coefficient (Wildman–Crippen LogP) is 2.03. The number of piperazine rings is 1. The molecule has 1 fully saturated rings. The Bertz CT molecular complexity index is 668. The second-order valence-corrected chi connectivity index (χ2v) is 7.13. The summed E-state index contributed by atoms with van der Waals surface area (Å²) in [5, 5.41) is 0. The van der Waals surface area contributed by atoms with Gasteiger partial charge in [-0.1, -0.05) is 0 Å². The van der Waals surface area contributed by atoms with Crippen molar-refractivity contribution in [3.8, 4) is 0 Å². The van der Waals surface area contributed by atoms with Crippen molar-refractivity contribution >= 4 is 29.4 Å². The van der Waals surface area contributed by atoms with Gasteiger partial charge in [-0.25, -0.2) is 4.79 Å². The summed E-state index contributed by atoms with van der Waals surface area (Å²) < 4.78 is 7.49. The van der Waals surface area contributed by atoms with Gasteiger partial charge in [-0.3, -0.25) is 0 Å². The maximum absolute atomic E-state index is 12.1. The van der Waals surface area contributed by atoms with E-state index in [0.29, 0.717) is 13.1 Å². The summed E-state index contributed by atoms with van der Waals surface area (Å²) in [6, 6.07) is 4.03. The third kappa shape index (κ3) is 2.98. The molecule has 0 unspecified atom stereocenters. The summed E-state index contributed by atoms with van der Waals surface area (Å²) in [6.07, 6.45) is 1.87. The van der Waals surface area contributed by atoms with Gasteiger partial charge in [0.1, 0.15) is 23.9 Å². The Morgan fingerprint density at radius 1 is 1.22 bits per heavy atom. The lowest BCUT2D eigenvalue weighted by molar-refractivity contribution is -0.410. The van der Waals surface area contributed by atoms with Gasteiger partial charge in [0.2, 0.25) is 5.69 Å². The highest BCUT2D eigenvalue weighted by Gasteiger charge is 2.32. The summed E-state index contributed by atoms with van der Waals surface area (Å²) >= 11 is 0. The van der Waals surface area contributed by atoms with Crippen molar-refractivity contribution in [3.05, 3.63) is 17.7 Å². The molecule has 2 aliphatic heterocycles. The number of nitrogens with zero attached hydrogens (tertiary/aromatic N) is 3. The summed E-state index contributed by atoms with van der Waals surface area (Å²) in [7, 11) is 2.00. The summed E-state index contributed by atoms with van der Waals surface area (Å²) in [6.45, 7) is 8.61. The quantitative estimate of drug-likeness (QED) is 0.636. The average molecular weight is 317 g/mol. The number of carbonyl (C=O) groups excluding carboxylic acids is 1. The lowest BCUT2D eigenvalue weighted by atomic mass is 10.0. The van der Waals surface area contributed by atoms with Gasteiger partial charge in [-0.15, -0.1) is 0 Å². The van der Waals surface area contributed by atoms with Gasteiger partial charge < -0.3 is 20.3 Å². The molecule has 1 aromatic rings. The van der Waals surface area contributed by atoms with Crippen molar-refractivity contribution in [1.82, 2.24) is 4.90 Å². The Morgan fingerprint density at radius 2 is 1.87 bits per heavy atom. The van der Waals surface area contributed by atoms with Crippen molar-refractivity contribution in [2.75, 3.05) is 43.9 Å². The third-order valence-corrected chi connectivity index (χ3v) is 4.17. The molecule has 0 aliphatic carbocycles. The fourth-order valence-electron chi connectivity index (χ4n) is 3.06. The van der Waals surface area contributed by atoms with Crippen LogP contribution < -0.4 is 10.6 Å². The van der Waals surface area contributed by atoms with E-state index >= 15 is 0 Å². The van der Waals surface area contributed by atoms with Crippen LogP contribution in [0.2, 0.25) is 0 Å². The number of amides is 1. The molecule has 1 amide bonds. The molecule has 1 aromatic carbocycles. The smallest absolute Gasteiger partial charge is 0.410 e. The third-order valence-electron chi connectivity index (χ3n) is 4.17. The monoisotopic (exact) mass is 317 g/mol. The van der Waals surface area contributed by atoms with Gasteiger partial charge in [0, 0.05) is 26.2 Å². The lowest BCUT2D eigenvalue weighted by Gasteiger charge is -2.37. The van der Waals surface area contributed by atoms with Crippen LogP contribution in [0.3, 0.4) is 0 Å². The second kappa shape index (κ2) is 5.44. The van der Waals surface area contributed by atoms with Gasteiger partial charge in [0.25, 0.3) is 0 Å². The first-order valence-corrected chi connectivity index (χ1v) is 7.99. The van der Waals surface area contributed by atoms with Gasteiger partial charge in [0.05, 0.1) is 5.69 Å². The maximum Gasteiger partial charge on any atom is 0.410 e. The molecule has 2 N–H and O–H groups in total. The minimum atomic E-state index is -0.451. The van der Waals surface area contributed by atoms with Crippen LogP contribution in [0.15, 0.2) is 12.1 Å². The molecule has 0 spiro atoms. The van der Waals surface area contributed by atoms with Crippen molar-refractivity contribution in [1.29, 1.82) is 0 Å². The molecule has 0 aromatic heterocycles. The van der Waals surface area contributed by atoms with Crippen molar-refractivity contribution in [2.24, 2.45) is 0 Å². The zero-order valence-corrected chi connectivity index (χ0v) is 14.3. The Balaban J connectivity index is 1.66. The Morgan fingerprint density at radius 3 is 2.43 bits per heavy atom. The van der Waals surface area contributed by atoms with Crippen LogP contribution in [0.1, 0.15) is 26.3 Å². The van der Waals surface area contributed by atoms with Gasteiger partial charge in [-0.05, 0) is 32.9 Å². The molecule has 0 saturated carbocycles. The van der Waals surface area contributed by atoms with E-state index in [1.165, 1.54) is 11.3 Å². The van der Waals surface area contributed by atoms with Crippen molar-refractivity contribution < 1.29 is 14.1 Å². The van der Waals surface area contributed by atoms with Crippen LogP contribution in [0.25, 0.3) is 0 Å². The van der Waals surface area contributed by atoms with E-state index < -0.39 is 5.60 Å². The molecule has 0 radical (unpaired) electrons. The normalized spacial score (nSPS) is 17.3. The van der Waals surface area contributed by atoms with E-state index in [4.69, 9.17) is 10.5 Å². The molecule has 0 bridgehead atoms. The molecular formula is C17H25N4O2+. The second-order valence-electron chi connectivity index (χ2n) is 7.13. The zero-order valence-electron chi connectivity index (χ0n) is 14.3. The SMILES string of the molecule is C[N+]1=Cc2c(N3CCN(C(=O)OC(C)(C)C)CC3)ccc(N)c21. The number of hydrogen-bond donors (Lipinski definition) is 1. The number of ether oxygens (including phenoxy) is 1. The number of nitrogens with two attached hydrogens (primary N) is 1. The highest BCUT2D eigenvalue weighted by Crippen LogP contribution is 2.38. The van der Waals surface area contributed by atoms with E-state index in [9.17, 15) is 4.79 Å². The van der Waals surface area contributed by atoms with Gasteiger partial charge in [-0.2, -0.15) is 4.58 Å². The molecule has 6 heteroatoms. The molecular weight excluding hydrogens is 292 g/mol. The van der Waals surface area contributed by atoms with Gasteiger partial charge in [0.15, 0.2) is 6.21 Å². The summed E-state index contributed by atoms with van der Waals surface area (Å²) in [5.74, 6) is 0. The van der Waals surface area contributed by atoms with E-state index in [1.807, 2.05) is 38.5 Å².